The summed E-state index contributed by atoms with van der Waals surface area (Å²) in [5, 5.41) is 11.7. The number of nitrogens with zero attached hydrogens (tertiary/aromatic N) is 4. The molecule has 31 heavy (non-hydrogen) atoms. The van der Waals surface area contributed by atoms with Crippen LogP contribution in [0.4, 0.5) is 17.1 Å². The van der Waals surface area contributed by atoms with Crippen molar-refractivity contribution in [3.63, 3.8) is 0 Å². The zero-order valence-corrected chi connectivity index (χ0v) is 17.8. The predicted molar refractivity (Wildman–Crippen MR) is 120 cm³/mol. The SMILES string of the molecule is COc1ccc(N2CCCN(C(=O)c3ccc(N4CCCC4)c([N+](=O)[O-])c3)CC2)cc1. The van der Waals surface area contributed by atoms with Gasteiger partial charge in [-0.2, -0.15) is 0 Å². The lowest BCUT2D eigenvalue weighted by atomic mass is 10.1. The normalized spacial score (nSPS) is 16.9. The average Bonchev–Trinajstić information content (AvgIpc) is 3.22. The minimum absolute atomic E-state index is 0.0161. The zero-order valence-electron chi connectivity index (χ0n) is 17.8. The van der Waals surface area contributed by atoms with E-state index in [0.717, 1.165) is 50.3 Å². The van der Waals surface area contributed by atoms with Crippen LogP contribution >= 0.6 is 0 Å². The van der Waals surface area contributed by atoms with Crippen molar-refractivity contribution in [3.8, 4) is 5.75 Å². The second-order valence-electron chi connectivity index (χ2n) is 7.99. The van der Waals surface area contributed by atoms with E-state index in [1.807, 2.05) is 29.2 Å². The van der Waals surface area contributed by atoms with Gasteiger partial charge in [-0.3, -0.25) is 14.9 Å². The van der Waals surface area contributed by atoms with Crippen LogP contribution in [0.3, 0.4) is 0 Å². The Labute approximate surface area is 182 Å². The summed E-state index contributed by atoms with van der Waals surface area (Å²) in [6.07, 6.45) is 2.92. The van der Waals surface area contributed by atoms with Crippen molar-refractivity contribution >= 4 is 23.0 Å². The fourth-order valence-corrected chi connectivity index (χ4v) is 4.38. The third kappa shape index (κ3) is 4.57. The van der Waals surface area contributed by atoms with E-state index in [9.17, 15) is 14.9 Å². The summed E-state index contributed by atoms with van der Waals surface area (Å²) in [5.74, 6) is 0.669. The molecule has 2 aromatic rings. The van der Waals surface area contributed by atoms with Crippen molar-refractivity contribution in [2.24, 2.45) is 0 Å². The molecule has 2 aliphatic heterocycles. The Bertz CT molecular complexity index is 941. The van der Waals surface area contributed by atoms with E-state index >= 15 is 0 Å². The van der Waals surface area contributed by atoms with Gasteiger partial charge < -0.3 is 19.4 Å². The van der Waals surface area contributed by atoms with Gasteiger partial charge in [0.25, 0.3) is 11.6 Å². The minimum atomic E-state index is -0.377. The molecular weight excluding hydrogens is 396 g/mol. The van der Waals surface area contributed by atoms with E-state index in [1.54, 1.807) is 24.1 Å². The van der Waals surface area contributed by atoms with E-state index < -0.39 is 0 Å². The Hall–Kier alpha value is -3.29. The Morgan fingerprint density at radius 2 is 1.61 bits per heavy atom. The summed E-state index contributed by atoms with van der Waals surface area (Å²) in [5.41, 5.74) is 2.11. The number of hydrogen-bond donors (Lipinski definition) is 0. The highest BCUT2D eigenvalue weighted by atomic mass is 16.6. The highest BCUT2D eigenvalue weighted by molar-refractivity contribution is 5.96. The molecular formula is C23H28N4O4. The topological polar surface area (TPSA) is 79.2 Å². The van der Waals surface area contributed by atoms with Crippen LogP contribution in [0.25, 0.3) is 0 Å². The van der Waals surface area contributed by atoms with Crippen LogP contribution in [-0.2, 0) is 0 Å². The van der Waals surface area contributed by atoms with E-state index in [1.165, 1.54) is 6.07 Å². The van der Waals surface area contributed by atoms with Crippen molar-refractivity contribution in [1.29, 1.82) is 0 Å². The summed E-state index contributed by atoms with van der Waals surface area (Å²) in [7, 11) is 1.65. The third-order valence-corrected chi connectivity index (χ3v) is 6.09. The molecule has 0 aromatic heterocycles. The van der Waals surface area contributed by atoms with Gasteiger partial charge in [0.05, 0.1) is 12.0 Å². The Balaban J connectivity index is 1.47. The lowest BCUT2D eigenvalue weighted by molar-refractivity contribution is -0.384. The number of methoxy groups -OCH3 is 1. The molecule has 8 heteroatoms. The maximum atomic E-state index is 13.1. The van der Waals surface area contributed by atoms with Crippen molar-refractivity contribution < 1.29 is 14.5 Å². The van der Waals surface area contributed by atoms with Crippen LogP contribution in [0.5, 0.6) is 5.75 Å². The highest BCUT2D eigenvalue weighted by Gasteiger charge is 2.26. The molecule has 0 spiro atoms. The number of hydrogen-bond acceptors (Lipinski definition) is 6. The first-order valence-corrected chi connectivity index (χ1v) is 10.8. The summed E-state index contributed by atoms with van der Waals surface area (Å²) in [4.78, 5) is 30.5. The minimum Gasteiger partial charge on any atom is -0.497 e. The van der Waals surface area contributed by atoms with Gasteiger partial charge in [-0.05, 0) is 55.7 Å². The van der Waals surface area contributed by atoms with Crippen LogP contribution in [0.1, 0.15) is 29.6 Å². The molecule has 2 aliphatic rings. The maximum Gasteiger partial charge on any atom is 0.293 e. The largest absolute Gasteiger partial charge is 0.497 e. The average molecular weight is 425 g/mol. The Morgan fingerprint density at radius 1 is 0.903 bits per heavy atom. The van der Waals surface area contributed by atoms with E-state index in [0.29, 0.717) is 30.9 Å². The number of carbonyl (C=O) groups is 1. The fraction of sp³-hybridized carbons (Fsp3) is 0.435. The number of nitro groups is 1. The van der Waals surface area contributed by atoms with Crippen LogP contribution in [0.15, 0.2) is 42.5 Å². The zero-order chi connectivity index (χ0) is 21.8. The molecule has 0 unspecified atom stereocenters. The first-order chi connectivity index (χ1) is 15.1. The summed E-state index contributed by atoms with van der Waals surface area (Å²) < 4.78 is 5.22. The summed E-state index contributed by atoms with van der Waals surface area (Å²) in [6, 6.07) is 12.8. The van der Waals surface area contributed by atoms with Gasteiger partial charge in [0.1, 0.15) is 11.4 Å². The lowest BCUT2D eigenvalue weighted by Crippen LogP contribution is -2.35. The number of amides is 1. The molecule has 0 saturated carbocycles. The smallest absolute Gasteiger partial charge is 0.293 e. The number of anilines is 2. The van der Waals surface area contributed by atoms with E-state index in [-0.39, 0.29) is 16.5 Å². The molecule has 8 nitrogen and oxygen atoms in total. The van der Waals surface area contributed by atoms with Gasteiger partial charge in [-0.25, -0.2) is 0 Å². The molecule has 1 amide bonds. The Morgan fingerprint density at radius 3 is 2.29 bits per heavy atom. The van der Waals surface area contributed by atoms with Gasteiger partial charge in [-0.15, -0.1) is 0 Å². The quantitative estimate of drug-likeness (QED) is 0.539. The monoisotopic (exact) mass is 424 g/mol. The van der Waals surface area contributed by atoms with E-state index in [4.69, 9.17) is 4.74 Å². The molecule has 0 aliphatic carbocycles. The predicted octanol–water partition coefficient (Wildman–Crippen LogP) is 3.56. The number of ether oxygens (including phenoxy) is 1. The molecule has 2 heterocycles. The van der Waals surface area contributed by atoms with Gasteiger partial charge >= 0.3 is 0 Å². The number of nitro benzene ring substituents is 1. The molecule has 2 saturated heterocycles. The molecule has 2 aromatic carbocycles. The van der Waals surface area contributed by atoms with Crippen molar-refractivity contribution in [2.75, 3.05) is 56.2 Å². The summed E-state index contributed by atoms with van der Waals surface area (Å²) in [6.45, 7) is 4.42. The maximum absolute atomic E-state index is 13.1. The number of benzene rings is 2. The van der Waals surface area contributed by atoms with Gasteiger partial charge in [-0.1, -0.05) is 0 Å². The van der Waals surface area contributed by atoms with Crippen LogP contribution in [-0.4, -0.2) is 62.1 Å². The van der Waals surface area contributed by atoms with Crippen LogP contribution < -0.4 is 14.5 Å². The van der Waals surface area contributed by atoms with E-state index in [2.05, 4.69) is 4.90 Å². The number of carbonyl (C=O) groups excluding carboxylic acids is 1. The standard InChI is InChI=1S/C23H28N4O4/c1-31-20-8-6-19(7-9-20)24-13-4-14-26(16-15-24)23(28)18-5-10-21(22(17-18)27(29)30)25-11-2-3-12-25/h5-10,17H,2-4,11-16H2,1H3. The molecule has 0 atom stereocenters. The van der Waals surface area contributed by atoms with Gasteiger partial charge in [0, 0.05) is 56.6 Å². The second kappa shape index (κ2) is 9.24. The molecule has 4 rings (SSSR count). The molecule has 2 fully saturated rings. The first-order valence-electron chi connectivity index (χ1n) is 10.8. The fourth-order valence-electron chi connectivity index (χ4n) is 4.38. The second-order valence-corrected chi connectivity index (χ2v) is 7.99. The van der Waals surface area contributed by atoms with Gasteiger partial charge in [0.2, 0.25) is 0 Å². The molecule has 0 radical (unpaired) electrons. The molecule has 0 bridgehead atoms. The summed E-state index contributed by atoms with van der Waals surface area (Å²) >= 11 is 0. The lowest BCUT2D eigenvalue weighted by Gasteiger charge is -2.24. The van der Waals surface area contributed by atoms with Gasteiger partial charge in [0.15, 0.2) is 0 Å². The van der Waals surface area contributed by atoms with Crippen LogP contribution in [0.2, 0.25) is 0 Å². The number of rotatable bonds is 5. The Kier molecular flexibility index (Phi) is 6.25. The first kappa shape index (κ1) is 21.0. The molecule has 0 N–H and O–H groups in total. The van der Waals surface area contributed by atoms with Crippen molar-refractivity contribution in [2.45, 2.75) is 19.3 Å². The van der Waals surface area contributed by atoms with Crippen molar-refractivity contribution in [3.05, 3.63) is 58.1 Å². The highest BCUT2D eigenvalue weighted by Crippen LogP contribution is 2.32. The van der Waals surface area contributed by atoms with Crippen molar-refractivity contribution in [1.82, 2.24) is 4.90 Å². The third-order valence-electron chi connectivity index (χ3n) is 6.09. The molecule has 164 valence electrons. The van der Waals surface area contributed by atoms with Crippen LogP contribution in [0, 0.1) is 10.1 Å².